The Bertz CT molecular complexity index is 162. The average molecular weight is 181 g/mol. The SMILES string of the molecule is CCOC(=O)[C@H](C=O)[N-]C=O.[Na+]. The minimum Gasteiger partial charge on any atom is -0.639 e. The van der Waals surface area contributed by atoms with Gasteiger partial charge in [0.25, 0.3) is 5.97 Å². The Hall–Kier alpha value is -0.390. The molecule has 6 heteroatoms. The fourth-order valence-corrected chi connectivity index (χ4v) is 0.445. The van der Waals surface area contributed by atoms with Crippen LogP contribution >= 0.6 is 0 Å². The van der Waals surface area contributed by atoms with Gasteiger partial charge < -0.3 is 19.6 Å². The Balaban J connectivity index is 0. The first-order valence-electron chi connectivity index (χ1n) is 3.01. The topological polar surface area (TPSA) is 74.5 Å². The smallest absolute Gasteiger partial charge is 0.639 e. The number of esters is 1. The van der Waals surface area contributed by atoms with Gasteiger partial charge >= 0.3 is 29.6 Å². The summed E-state index contributed by atoms with van der Waals surface area (Å²) in [5.74, 6) is -0.797. The molecule has 0 bridgehead atoms. The van der Waals surface area contributed by atoms with E-state index < -0.39 is 12.0 Å². The maximum absolute atomic E-state index is 10.7. The monoisotopic (exact) mass is 181 g/mol. The van der Waals surface area contributed by atoms with Crippen LogP contribution in [0.15, 0.2) is 0 Å². The van der Waals surface area contributed by atoms with E-state index in [1.807, 2.05) is 0 Å². The summed E-state index contributed by atoms with van der Waals surface area (Å²) in [6.45, 7) is 1.76. The van der Waals surface area contributed by atoms with Gasteiger partial charge in [0.05, 0.1) is 6.61 Å². The largest absolute Gasteiger partial charge is 1.00 e. The summed E-state index contributed by atoms with van der Waals surface area (Å²) in [5, 5.41) is 3.04. The Morgan fingerprint density at radius 2 is 2.17 bits per heavy atom. The van der Waals surface area contributed by atoms with Crippen molar-refractivity contribution in [2.75, 3.05) is 6.61 Å². The quantitative estimate of drug-likeness (QED) is 0.192. The van der Waals surface area contributed by atoms with Gasteiger partial charge in [-0.25, -0.2) is 0 Å². The molecule has 1 amide bonds. The first kappa shape index (κ1) is 14.2. The number of hydrogen-bond donors (Lipinski definition) is 0. The number of nitrogens with zero attached hydrogens (tertiary/aromatic N) is 1. The molecule has 0 spiro atoms. The summed E-state index contributed by atoms with van der Waals surface area (Å²) in [7, 11) is 0. The molecule has 0 saturated heterocycles. The van der Waals surface area contributed by atoms with Crippen molar-refractivity contribution < 1.29 is 48.7 Å². The zero-order valence-corrected chi connectivity index (χ0v) is 9.02. The normalized spacial score (nSPS) is 10.4. The van der Waals surface area contributed by atoms with E-state index in [9.17, 15) is 14.4 Å². The van der Waals surface area contributed by atoms with Gasteiger partial charge in [-0.1, -0.05) is 0 Å². The number of carbonyl (C=O) groups is 3. The summed E-state index contributed by atoms with van der Waals surface area (Å²) >= 11 is 0. The summed E-state index contributed by atoms with van der Waals surface area (Å²) in [6, 6.07) is -1.30. The predicted octanol–water partition coefficient (Wildman–Crippen LogP) is -3.35. The van der Waals surface area contributed by atoms with Gasteiger partial charge in [0.15, 0.2) is 0 Å². The van der Waals surface area contributed by atoms with Crippen LogP contribution in [0, 0.1) is 0 Å². The van der Waals surface area contributed by atoms with Crippen LogP contribution < -0.4 is 29.6 Å². The van der Waals surface area contributed by atoms with Crippen LogP contribution in [-0.2, 0) is 19.1 Å². The number of ether oxygens (including phenoxy) is 1. The van der Waals surface area contributed by atoms with Crippen molar-refractivity contribution in [1.82, 2.24) is 0 Å². The van der Waals surface area contributed by atoms with Crippen molar-refractivity contribution >= 4 is 18.7 Å². The molecule has 0 aromatic heterocycles. The van der Waals surface area contributed by atoms with Gasteiger partial charge in [-0.2, -0.15) is 0 Å². The van der Waals surface area contributed by atoms with Crippen LogP contribution in [0.2, 0.25) is 0 Å². The van der Waals surface area contributed by atoms with E-state index in [-0.39, 0.29) is 48.9 Å². The van der Waals surface area contributed by atoms with E-state index in [2.05, 4.69) is 10.1 Å². The first-order chi connectivity index (χ1) is 5.26. The van der Waals surface area contributed by atoms with Gasteiger partial charge in [-0.3, -0.25) is 4.79 Å². The van der Waals surface area contributed by atoms with Crippen molar-refractivity contribution in [3.8, 4) is 0 Å². The number of hydrogen-bond acceptors (Lipinski definition) is 4. The van der Waals surface area contributed by atoms with Gasteiger partial charge in [0.2, 0.25) is 0 Å². The molecule has 0 N–H and O–H groups in total. The summed E-state index contributed by atoms with van der Waals surface area (Å²) in [5.41, 5.74) is 0. The Labute approximate surface area is 92.1 Å². The van der Waals surface area contributed by atoms with Crippen LogP contribution in [0.5, 0.6) is 0 Å². The Kier molecular flexibility index (Phi) is 10.3. The van der Waals surface area contributed by atoms with Crippen LogP contribution in [0.4, 0.5) is 0 Å². The van der Waals surface area contributed by atoms with Crippen molar-refractivity contribution in [2.24, 2.45) is 0 Å². The fraction of sp³-hybridized carbons (Fsp3) is 0.500. The minimum atomic E-state index is -1.30. The molecule has 1 atom stereocenters. The molecular formula is C6H8NNaO4. The zero-order chi connectivity index (χ0) is 8.69. The molecule has 0 unspecified atom stereocenters. The predicted molar refractivity (Wildman–Crippen MR) is 35.9 cm³/mol. The number of carbonyl (C=O) groups excluding carboxylic acids is 3. The molecule has 0 aromatic rings. The van der Waals surface area contributed by atoms with E-state index in [0.717, 1.165) is 0 Å². The molecule has 0 aromatic carbocycles. The summed E-state index contributed by atoms with van der Waals surface area (Å²) in [4.78, 5) is 30.5. The zero-order valence-electron chi connectivity index (χ0n) is 7.02. The Morgan fingerprint density at radius 3 is 2.50 bits per heavy atom. The van der Waals surface area contributed by atoms with E-state index in [0.29, 0.717) is 0 Å². The maximum atomic E-state index is 10.7. The van der Waals surface area contributed by atoms with Crippen LogP contribution in [0.3, 0.4) is 0 Å². The average Bonchev–Trinajstić information content (AvgIpc) is 2.00. The first-order valence-corrected chi connectivity index (χ1v) is 3.01. The fourth-order valence-electron chi connectivity index (χ4n) is 0.445. The van der Waals surface area contributed by atoms with E-state index in [1.54, 1.807) is 6.92 Å². The van der Waals surface area contributed by atoms with Crippen molar-refractivity contribution in [1.29, 1.82) is 0 Å². The number of rotatable bonds is 5. The molecule has 0 heterocycles. The van der Waals surface area contributed by atoms with E-state index in [4.69, 9.17) is 0 Å². The molecule has 0 fully saturated rings. The molecule has 12 heavy (non-hydrogen) atoms. The molecule has 0 aliphatic carbocycles. The maximum Gasteiger partial charge on any atom is 1.00 e. The third kappa shape index (κ3) is 5.29. The molecule has 0 aliphatic rings. The van der Waals surface area contributed by atoms with Crippen LogP contribution in [-0.4, -0.2) is 31.3 Å². The second-order valence-electron chi connectivity index (χ2n) is 1.59. The standard InChI is InChI=1S/C6H9NO4.Na/c1-2-11-6(10)5(3-8)7-4-9;/h3-5H,2H2,1H3,(H,7,9);/q;+1/p-1/t5-;/m0./s1. The molecule has 62 valence electrons. The van der Waals surface area contributed by atoms with Crippen molar-refractivity contribution in [2.45, 2.75) is 13.0 Å². The van der Waals surface area contributed by atoms with E-state index >= 15 is 0 Å². The molecule has 0 rings (SSSR count). The van der Waals surface area contributed by atoms with E-state index in [1.165, 1.54) is 0 Å². The molecule has 0 saturated carbocycles. The number of aldehydes is 1. The number of amides is 1. The molecular weight excluding hydrogens is 173 g/mol. The molecule has 0 radical (unpaired) electrons. The second kappa shape index (κ2) is 8.70. The minimum absolute atomic E-state index is 0. The van der Waals surface area contributed by atoms with Crippen molar-refractivity contribution in [3.63, 3.8) is 0 Å². The Morgan fingerprint density at radius 1 is 1.58 bits per heavy atom. The molecule has 0 aliphatic heterocycles. The van der Waals surface area contributed by atoms with Gasteiger partial charge in [0, 0.05) is 12.5 Å². The summed E-state index contributed by atoms with van der Waals surface area (Å²) in [6.07, 6.45) is 0.405. The van der Waals surface area contributed by atoms with Crippen molar-refractivity contribution in [3.05, 3.63) is 5.32 Å². The van der Waals surface area contributed by atoms with Crippen LogP contribution in [0.25, 0.3) is 5.32 Å². The third-order valence-electron chi connectivity index (χ3n) is 0.878. The second-order valence-corrected chi connectivity index (χ2v) is 1.59. The van der Waals surface area contributed by atoms with Gasteiger partial charge in [-0.15, -0.1) is 0 Å². The van der Waals surface area contributed by atoms with Crippen LogP contribution in [0.1, 0.15) is 6.92 Å². The third-order valence-corrected chi connectivity index (χ3v) is 0.878. The van der Waals surface area contributed by atoms with Gasteiger partial charge in [0.1, 0.15) is 6.29 Å². The molecule has 5 nitrogen and oxygen atoms in total. The van der Waals surface area contributed by atoms with Gasteiger partial charge in [-0.05, 0) is 6.92 Å². The summed E-state index contributed by atoms with van der Waals surface area (Å²) < 4.78 is 4.42.